The summed E-state index contributed by atoms with van der Waals surface area (Å²) >= 11 is 0. The van der Waals surface area contributed by atoms with Crippen molar-refractivity contribution < 1.29 is 9.18 Å². The molecule has 0 spiro atoms. The minimum atomic E-state index is -0.408. The summed E-state index contributed by atoms with van der Waals surface area (Å²) in [5.74, 6) is -0.771. The van der Waals surface area contributed by atoms with Crippen molar-refractivity contribution >= 4 is 5.91 Å². The molecule has 0 saturated carbocycles. The van der Waals surface area contributed by atoms with Gasteiger partial charge in [0.2, 0.25) is 0 Å². The first-order chi connectivity index (χ1) is 11.0. The molecule has 120 valence electrons. The summed E-state index contributed by atoms with van der Waals surface area (Å²) in [5, 5.41) is 7.02. The van der Waals surface area contributed by atoms with E-state index in [0.717, 1.165) is 30.5 Å². The van der Waals surface area contributed by atoms with Crippen molar-refractivity contribution in [2.45, 2.75) is 32.7 Å². The van der Waals surface area contributed by atoms with Gasteiger partial charge in [0.15, 0.2) is 0 Å². The summed E-state index contributed by atoms with van der Waals surface area (Å²) in [6, 6.07) is 5.99. The van der Waals surface area contributed by atoms with Gasteiger partial charge >= 0.3 is 0 Å². The number of halogens is 1. The number of carbonyl (C=O) groups is 1. The van der Waals surface area contributed by atoms with E-state index < -0.39 is 5.82 Å². The maximum atomic E-state index is 13.5. The summed E-state index contributed by atoms with van der Waals surface area (Å²) in [6.45, 7) is 2.20. The lowest BCUT2D eigenvalue weighted by molar-refractivity contribution is 0.0951. The molecule has 0 unspecified atom stereocenters. The number of aryl methyl sites for hydroxylation is 3. The normalized spacial score (nSPS) is 13.0. The van der Waals surface area contributed by atoms with Crippen molar-refractivity contribution in [3.63, 3.8) is 0 Å². The van der Waals surface area contributed by atoms with E-state index in [0.29, 0.717) is 12.1 Å². The number of carbonyl (C=O) groups excluding carboxylic acids is 1. The highest BCUT2D eigenvalue weighted by Gasteiger charge is 2.14. The molecule has 0 aliphatic heterocycles. The predicted molar refractivity (Wildman–Crippen MR) is 84.0 cm³/mol. The van der Waals surface area contributed by atoms with Crippen LogP contribution in [0.1, 0.15) is 33.6 Å². The number of nitrogens with zero attached hydrogens (tertiary/aromatic N) is 2. The summed E-state index contributed by atoms with van der Waals surface area (Å²) in [6.07, 6.45) is 2.83. The highest BCUT2D eigenvalue weighted by atomic mass is 19.1. The molecule has 0 atom stereocenters. The third-order valence-corrected chi connectivity index (χ3v) is 4.07. The Morgan fingerprint density at radius 2 is 2.17 bits per heavy atom. The van der Waals surface area contributed by atoms with Gasteiger partial charge < -0.3 is 5.32 Å². The fraction of sp³-hybridized carbons (Fsp3) is 0.353. The summed E-state index contributed by atoms with van der Waals surface area (Å²) in [7, 11) is 0. The number of fused-ring (bicyclic) bond motifs is 1. The van der Waals surface area contributed by atoms with Crippen molar-refractivity contribution in [3.8, 4) is 0 Å². The van der Waals surface area contributed by atoms with E-state index in [9.17, 15) is 14.0 Å². The van der Waals surface area contributed by atoms with Crippen molar-refractivity contribution in [3.05, 3.63) is 62.8 Å². The Hall–Kier alpha value is -2.50. The van der Waals surface area contributed by atoms with Crippen LogP contribution in [0, 0.1) is 12.7 Å². The highest BCUT2D eigenvalue weighted by molar-refractivity contribution is 5.94. The lowest BCUT2D eigenvalue weighted by atomic mass is 10.1. The number of hydrogen-bond acceptors (Lipinski definition) is 3. The average molecular weight is 315 g/mol. The van der Waals surface area contributed by atoms with Crippen LogP contribution in [-0.4, -0.2) is 22.2 Å². The van der Waals surface area contributed by atoms with Crippen LogP contribution in [0.15, 0.2) is 29.1 Å². The molecule has 0 saturated heterocycles. The Kier molecular flexibility index (Phi) is 4.23. The zero-order chi connectivity index (χ0) is 16.4. The zero-order valence-corrected chi connectivity index (χ0v) is 12.9. The first-order valence-electron chi connectivity index (χ1n) is 7.69. The molecule has 23 heavy (non-hydrogen) atoms. The highest BCUT2D eigenvalue weighted by Crippen LogP contribution is 2.16. The van der Waals surface area contributed by atoms with Crippen molar-refractivity contribution in [1.82, 2.24) is 15.1 Å². The smallest absolute Gasteiger partial charge is 0.267 e. The Labute approximate surface area is 133 Å². The van der Waals surface area contributed by atoms with Gasteiger partial charge in [-0.2, -0.15) is 5.10 Å². The fourth-order valence-corrected chi connectivity index (χ4v) is 2.71. The molecule has 6 heteroatoms. The molecular formula is C17H18FN3O2. The number of rotatable bonds is 4. The number of amides is 1. The molecule has 5 nitrogen and oxygen atoms in total. The van der Waals surface area contributed by atoms with Gasteiger partial charge in [-0.1, -0.05) is 6.07 Å². The molecule has 1 heterocycles. The monoisotopic (exact) mass is 315 g/mol. The molecule has 1 aromatic carbocycles. The minimum Gasteiger partial charge on any atom is -0.350 e. The van der Waals surface area contributed by atoms with Crippen LogP contribution in [0.3, 0.4) is 0 Å². The maximum absolute atomic E-state index is 13.5. The fourth-order valence-electron chi connectivity index (χ4n) is 2.71. The lowest BCUT2D eigenvalue weighted by Crippen LogP contribution is -2.32. The van der Waals surface area contributed by atoms with Crippen molar-refractivity contribution in [1.29, 1.82) is 0 Å². The van der Waals surface area contributed by atoms with Crippen LogP contribution in [0.2, 0.25) is 0 Å². The molecular weight excluding hydrogens is 297 g/mol. The number of benzene rings is 1. The number of nitrogens with one attached hydrogen (secondary N) is 1. The molecule has 0 radical (unpaired) electrons. The molecule has 1 N–H and O–H groups in total. The second-order valence-electron chi connectivity index (χ2n) is 5.75. The predicted octanol–water partition coefficient (Wildman–Crippen LogP) is 1.61. The van der Waals surface area contributed by atoms with Crippen molar-refractivity contribution in [2.75, 3.05) is 6.54 Å². The van der Waals surface area contributed by atoms with E-state index in [-0.39, 0.29) is 23.6 Å². The molecule has 1 aliphatic carbocycles. The largest absolute Gasteiger partial charge is 0.350 e. The average Bonchev–Trinajstić information content (AvgIpc) is 2.97. The van der Waals surface area contributed by atoms with Gasteiger partial charge in [-0.3, -0.25) is 9.59 Å². The van der Waals surface area contributed by atoms with Crippen LogP contribution >= 0.6 is 0 Å². The first-order valence-corrected chi connectivity index (χ1v) is 7.69. The van der Waals surface area contributed by atoms with Gasteiger partial charge in [-0.25, -0.2) is 9.07 Å². The Morgan fingerprint density at radius 3 is 2.96 bits per heavy atom. The quantitative estimate of drug-likeness (QED) is 0.932. The zero-order valence-electron chi connectivity index (χ0n) is 12.9. The number of hydrogen-bond donors (Lipinski definition) is 1. The third-order valence-electron chi connectivity index (χ3n) is 4.07. The second-order valence-corrected chi connectivity index (χ2v) is 5.75. The van der Waals surface area contributed by atoms with Gasteiger partial charge in [0.1, 0.15) is 5.82 Å². The van der Waals surface area contributed by atoms with Crippen LogP contribution < -0.4 is 10.9 Å². The summed E-state index contributed by atoms with van der Waals surface area (Å²) in [4.78, 5) is 23.9. The number of aromatic nitrogens is 2. The molecule has 3 rings (SSSR count). The molecule has 1 amide bonds. The maximum Gasteiger partial charge on any atom is 0.267 e. The van der Waals surface area contributed by atoms with E-state index >= 15 is 0 Å². The minimum absolute atomic E-state index is 0.152. The molecule has 1 aromatic heterocycles. The van der Waals surface area contributed by atoms with Crippen molar-refractivity contribution in [2.24, 2.45) is 0 Å². The topological polar surface area (TPSA) is 64.0 Å². The second kappa shape index (κ2) is 6.32. The van der Waals surface area contributed by atoms with E-state index in [4.69, 9.17) is 0 Å². The van der Waals surface area contributed by atoms with Gasteiger partial charge in [-0.15, -0.1) is 0 Å². The lowest BCUT2D eigenvalue weighted by Gasteiger charge is -2.09. The van der Waals surface area contributed by atoms with Crippen LogP contribution in [0.5, 0.6) is 0 Å². The van der Waals surface area contributed by atoms with E-state index in [2.05, 4.69) is 10.4 Å². The van der Waals surface area contributed by atoms with Gasteiger partial charge in [0.25, 0.3) is 11.5 Å². The molecule has 2 aromatic rings. The van der Waals surface area contributed by atoms with Gasteiger partial charge in [-0.05, 0) is 49.4 Å². The van der Waals surface area contributed by atoms with E-state index in [1.54, 1.807) is 25.1 Å². The van der Waals surface area contributed by atoms with Crippen LogP contribution in [-0.2, 0) is 19.4 Å². The SMILES string of the molecule is Cc1ccc(C(=O)NCCn2nc3c(cc2=O)CCC3)cc1F. The molecule has 0 fully saturated rings. The van der Waals surface area contributed by atoms with E-state index in [1.807, 2.05) is 0 Å². The van der Waals surface area contributed by atoms with Gasteiger partial charge in [0.05, 0.1) is 12.2 Å². The Bertz CT molecular complexity index is 814. The summed E-state index contributed by atoms with van der Waals surface area (Å²) in [5.41, 5.74) is 2.61. The van der Waals surface area contributed by atoms with Gasteiger partial charge in [0, 0.05) is 18.2 Å². The Balaban J connectivity index is 1.62. The first kappa shape index (κ1) is 15.4. The Morgan fingerprint density at radius 1 is 1.35 bits per heavy atom. The molecule has 1 aliphatic rings. The van der Waals surface area contributed by atoms with Crippen LogP contribution in [0.4, 0.5) is 4.39 Å². The molecule has 0 bridgehead atoms. The van der Waals surface area contributed by atoms with Crippen LogP contribution in [0.25, 0.3) is 0 Å². The third kappa shape index (κ3) is 3.31. The summed E-state index contributed by atoms with van der Waals surface area (Å²) < 4.78 is 14.8. The standard InChI is InChI=1S/C17H18FN3O2/c1-11-5-6-13(9-14(11)18)17(23)19-7-8-21-16(22)10-12-3-2-4-15(12)20-21/h5-6,9-10H,2-4,7-8H2,1H3,(H,19,23). The van der Waals surface area contributed by atoms with E-state index in [1.165, 1.54) is 10.7 Å².